The molecule has 0 bridgehead atoms. The van der Waals surface area contributed by atoms with Crippen LogP contribution in [0.15, 0.2) is 30.3 Å². The Kier molecular flexibility index (Phi) is 3.52. The van der Waals surface area contributed by atoms with Gasteiger partial charge in [-0.2, -0.15) is 0 Å². The molecule has 0 saturated carbocycles. The number of benzene rings is 1. The van der Waals surface area contributed by atoms with Crippen molar-refractivity contribution < 1.29 is 9.90 Å². The highest BCUT2D eigenvalue weighted by molar-refractivity contribution is 7.20. The quantitative estimate of drug-likeness (QED) is 0.681. The minimum absolute atomic E-state index is 0.0186. The van der Waals surface area contributed by atoms with E-state index in [-0.39, 0.29) is 12.2 Å². The first kappa shape index (κ1) is 13.2. The van der Waals surface area contributed by atoms with Crippen LogP contribution in [0.3, 0.4) is 0 Å². The smallest absolute Gasteiger partial charge is 0.177 e. The molecule has 1 aromatic carbocycles. The molecular formula is C14H17NO2S. The maximum absolute atomic E-state index is 12.2. The molecule has 0 aliphatic rings. The first-order valence-corrected chi connectivity index (χ1v) is 6.63. The van der Waals surface area contributed by atoms with Gasteiger partial charge in [0, 0.05) is 4.70 Å². The predicted octanol–water partition coefficient (Wildman–Crippen LogP) is 2.74. The Balaban J connectivity index is 2.24. The lowest BCUT2D eigenvalue weighted by Gasteiger charge is -2.29. The van der Waals surface area contributed by atoms with E-state index in [2.05, 4.69) is 0 Å². The van der Waals surface area contributed by atoms with Crippen LogP contribution in [0, 0.1) is 0 Å². The van der Waals surface area contributed by atoms with Gasteiger partial charge in [-0.1, -0.05) is 18.2 Å². The summed E-state index contributed by atoms with van der Waals surface area (Å²) in [6.45, 7) is 1.65. The fourth-order valence-electron chi connectivity index (χ4n) is 1.67. The molecule has 1 unspecified atom stereocenters. The number of carbonyl (C=O) groups excluding carboxylic acids is 1. The summed E-state index contributed by atoms with van der Waals surface area (Å²) in [7, 11) is 3.52. The second kappa shape index (κ2) is 4.80. The number of carbonyl (C=O) groups is 1. The molecule has 1 heterocycles. The number of aliphatic hydroxyl groups is 1. The average Bonchev–Trinajstić information content (AvgIpc) is 2.71. The summed E-state index contributed by atoms with van der Waals surface area (Å²) in [4.78, 5) is 14.5. The largest absolute Gasteiger partial charge is 0.375 e. The summed E-state index contributed by atoms with van der Waals surface area (Å²) in [6, 6.07) is 9.81. The molecule has 0 aliphatic carbocycles. The van der Waals surface area contributed by atoms with Crippen LogP contribution >= 0.6 is 11.3 Å². The van der Waals surface area contributed by atoms with E-state index in [1.807, 2.05) is 30.3 Å². The van der Waals surface area contributed by atoms with Crippen molar-refractivity contribution in [3.05, 3.63) is 35.2 Å². The Hall–Kier alpha value is -1.23. The molecule has 3 nitrogen and oxygen atoms in total. The van der Waals surface area contributed by atoms with Gasteiger partial charge in [0.25, 0.3) is 0 Å². The lowest BCUT2D eigenvalue weighted by Crippen LogP contribution is -2.42. The first-order chi connectivity index (χ1) is 8.40. The van der Waals surface area contributed by atoms with Gasteiger partial charge in [0.15, 0.2) is 5.78 Å². The third-order valence-corrected chi connectivity index (χ3v) is 4.32. The topological polar surface area (TPSA) is 40.5 Å². The third-order valence-electron chi connectivity index (χ3n) is 3.16. The van der Waals surface area contributed by atoms with Crippen molar-refractivity contribution in [2.75, 3.05) is 14.1 Å². The van der Waals surface area contributed by atoms with Crippen molar-refractivity contribution in [1.29, 1.82) is 0 Å². The molecule has 0 saturated heterocycles. The van der Waals surface area contributed by atoms with Crippen LogP contribution in [-0.2, 0) is 0 Å². The summed E-state index contributed by atoms with van der Waals surface area (Å²) in [6.07, 6.45) is 0.104. The van der Waals surface area contributed by atoms with Crippen LogP contribution in [0.5, 0.6) is 0 Å². The molecule has 1 N–H and O–H groups in total. The van der Waals surface area contributed by atoms with E-state index in [4.69, 9.17) is 0 Å². The molecule has 96 valence electrons. The molecule has 1 aromatic heterocycles. The van der Waals surface area contributed by atoms with Crippen LogP contribution < -0.4 is 0 Å². The van der Waals surface area contributed by atoms with E-state index in [1.165, 1.54) is 11.3 Å². The fourth-order valence-corrected chi connectivity index (χ4v) is 2.67. The summed E-state index contributed by atoms with van der Waals surface area (Å²) < 4.78 is 1.10. The van der Waals surface area contributed by atoms with E-state index < -0.39 is 5.72 Å². The van der Waals surface area contributed by atoms with Gasteiger partial charge < -0.3 is 5.11 Å². The van der Waals surface area contributed by atoms with E-state index in [0.29, 0.717) is 4.88 Å². The molecule has 0 fully saturated rings. The molecular weight excluding hydrogens is 246 g/mol. The lowest BCUT2D eigenvalue weighted by atomic mass is 10.1. The van der Waals surface area contributed by atoms with Gasteiger partial charge in [0.05, 0.1) is 11.3 Å². The molecule has 0 spiro atoms. The molecule has 2 rings (SSSR count). The predicted molar refractivity (Wildman–Crippen MR) is 75.1 cm³/mol. The van der Waals surface area contributed by atoms with Crippen LogP contribution in [0.1, 0.15) is 23.0 Å². The zero-order valence-electron chi connectivity index (χ0n) is 10.8. The van der Waals surface area contributed by atoms with E-state index in [1.54, 1.807) is 25.9 Å². The monoisotopic (exact) mass is 263 g/mol. The van der Waals surface area contributed by atoms with Crippen molar-refractivity contribution in [3.8, 4) is 0 Å². The Morgan fingerprint density at radius 2 is 2.06 bits per heavy atom. The number of Topliss-reactive ketones (excluding diaryl/α,β-unsaturated/α-hetero) is 1. The Labute approximate surface area is 111 Å². The number of rotatable bonds is 4. The number of hydrogen-bond donors (Lipinski definition) is 1. The Morgan fingerprint density at radius 1 is 1.39 bits per heavy atom. The maximum atomic E-state index is 12.2. The summed E-state index contributed by atoms with van der Waals surface area (Å²) in [5.41, 5.74) is -1.10. The molecule has 18 heavy (non-hydrogen) atoms. The Bertz CT molecular complexity index is 539. The number of fused-ring (bicyclic) bond motifs is 1. The van der Waals surface area contributed by atoms with Crippen LogP contribution in [0.4, 0.5) is 0 Å². The summed E-state index contributed by atoms with van der Waals surface area (Å²) in [5, 5.41) is 11.2. The normalized spacial score (nSPS) is 14.9. The van der Waals surface area contributed by atoms with Gasteiger partial charge in [-0.3, -0.25) is 9.69 Å². The first-order valence-electron chi connectivity index (χ1n) is 5.82. The van der Waals surface area contributed by atoms with Gasteiger partial charge in [0.1, 0.15) is 5.72 Å². The molecule has 2 aromatic rings. The highest BCUT2D eigenvalue weighted by atomic mass is 32.1. The average molecular weight is 263 g/mol. The number of thiophene rings is 1. The van der Waals surface area contributed by atoms with E-state index in [9.17, 15) is 9.90 Å². The van der Waals surface area contributed by atoms with Crippen LogP contribution in [-0.4, -0.2) is 35.6 Å². The van der Waals surface area contributed by atoms with Crippen molar-refractivity contribution in [2.24, 2.45) is 0 Å². The zero-order chi connectivity index (χ0) is 13.3. The van der Waals surface area contributed by atoms with Crippen molar-refractivity contribution in [1.82, 2.24) is 4.90 Å². The molecule has 0 aliphatic heterocycles. The standard InChI is InChI=1S/C14H17NO2S/c1-14(17,15(2)3)9-11(16)13-8-10-6-4-5-7-12(10)18-13/h4-8,17H,9H2,1-3H3. The van der Waals surface area contributed by atoms with Gasteiger partial charge in [-0.25, -0.2) is 0 Å². The van der Waals surface area contributed by atoms with Gasteiger partial charge in [-0.15, -0.1) is 11.3 Å². The van der Waals surface area contributed by atoms with Gasteiger partial charge in [-0.05, 0) is 38.5 Å². The van der Waals surface area contributed by atoms with Crippen LogP contribution in [0.2, 0.25) is 0 Å². The van der Waals surface area contributed by atoms with Crippen molar-refractivity contribution >= 4 is 27.2 Å². The van der Waals surface area contributed by atoms with Gasteiger partial charge in [0.2, 0.25) is 0 Å². The second-order valence-corrected chi connectivity index (χ2v) is 5.94. The summed E-state index contributed by atoms with van der Waals surface area (Å²) in [5.74, 6) is -0.0186. The van der Waals surface area contributed by atoms with Crippen LogP contribution in [0.25, 0.3) is 10.1 Å². The minimum atomic E-state index is -1.10. The number of ketones is 1. The highest BCUT2D eigenvalue weighted by Gasteiger charge is 2.27. The number of hydrogen-bond acceptors (Lipinski definition) is 4. The minimum Gasteiger partial charge on any atom is -0.375 e. The summed E-state index contributed by atoms with van der Waals surface area (Å²) >= 11 is 1.48. The zero-order valence-corrected chi connectivity index (χ0v) is 11.6. The Morgan fingerprint density at radius 3 is 2.67 bits per heavy atom. The van der Waals surface area contributed by atoms with Gasteiger partial charge >= 0.3 is 0 Å². The lowest BCUT2D eigenvalue weighted by molar-refractivity contribution is -0.0643. The molecule has 4 heteroatoms. The second-order valence-electron chi connectivity index (χ2n) is 4.86. The highest BCUT2D eigenvalue weighted by Crippen LogP contribution is 2.27. The third kappa shape index (κ3) is 2.61. The van der Waals surface area contributed by atoms with Crippen molar-refractivity contribution in [2.45, 2.75) is 19.1 Å². The molecule has 1 atom stereocenters. The van der Waals surface area contributed by atoms with E-state index >= 15 is 0 Å². The molecule has 0 radical (unpaired) electrons. The van der Waals surface area contributed by atoms with Crippen molar-refractivity contribution in [3.63, 3.8) is 0 Å². The fraction of sp³-hybridized carbons (Fsp3) is 0.357. The maximum Gasteiger partial charge on any atom is 0.177 e. The van der Waals surface area contributed by atoms with E-state index in [0.717, 1.165) is 10.1 Å². The molecule has 0 amide bonds. The number of nitrogens with zero attached hydrogens (tertiary/aromatic N) is 1. The SMILES string of the molecule is CN(C)C(C)(O)CC(=O)c1cc2ccccc2s1.